The van der Waals surface area contributed by atoms with Crippen molar-refractivity contribution < 1.29 is 4.79 Å². The maximum absolute atomic E-state index is 11.5. The molecule has 1 amide bonds. The number of hydrogen-bond donors (Lipinski definition) is 3. The number of fused-ring (bicyclic) bond motifs is 1. The third kappa shape index (κ3) is 1.64. The molecule has 0 fully saturated rings. The number of imidazole rings is 1. The normalized spacial score (nSPS) is 10.7. The lowest BCUT2D eigenvalue weighted by molar-refractivity contribution is 0.0963. The second-order valence-electron chi connectivity index (χ2n) is 3.86. The highest BCUT2D eigenvalue weighted by atomic mass is 16.1. The average Bonchev–Trinajstić information content (AvgIpc) is 3.04. The van der Waals surface area contributed by atoms with Crippen LogP contribution in [-0.4, -0.2) is 33.1 Å². The Morgan fingerprint density at radius 1 is 1.33 bits per heavy atom. The van der Waals surface area contributed by atoms with E-state index in [1.807, 2.05) is 12.1 Å². The summed E-state index contributed by atoms with van der Waals surface area (Å²) in [5.41, 5.74) is 2.95. The van der Waals surface area contributed by atoms with Gasteiger partial charge in [0, 0.05) is 18.8 Å². The number of H-pyrrole nitrogens is 2. The molecule has 18 heavy (non-hydrogen) atoms. The molecule has 2 aromatic heterocycles. The number of carbonyl (C=O) groups excluding carboxylic acids is 1. The van der Waals surface area contributed by atoms with Gasteiger partial charge >= 0.3 is 0 Å². The molecule has 6 nitrogen and oxygen atoms in total. The zero-order valence-electron chi connectivity index (χ0n) is 9.69. The summed E-state index contributed by atoms with van der Waals surface area (Å²) in [4.78, 5) is 19.1. The molecular formula is C12H11N5O. The van der Waals surface area contributed by atoms with E-state index in [0.717, 1.165) is 16.7 Å². The van der Waals surface area contributed by atoms with Crippen molar-refractivity contribution in [2.24, 2.45) is 0 Å². The van der Waals surface area contributed by atoms with Crippen LogP contribution in [0.4, 0.5) is 0 Å². The van der Waals surface area contributed by atoms with Gasteiger partial charge in [0.2, 0.25) is 0 Å². The topological polar surface area (TPSA) is 86.5 Å². The lowest BCUT2D eigenvalue weighted by Gasteiger charge is -1.97. The quantitative estimate of drug-likeness (QED) is 0.632. The molecule has 0 radical (unpaired) electrons. The number of nitrogens with zero attached hydrogens (tertiary/aromatic N) is 2. The molecule has 0 aliphatic heterocycles. The summed E-state index contributed by atoms with van der Waals surface area (Å²) in [5.74, 6) is 0.557. The number of benzene rings is 1. The van der Waals surface area contributed by atoms with Crippen LogP contribution < -0.4 is 5.32 Å². The summed E-state index contributed by atoms with van der Waals surface area (Å²) in [6, 6.07) is 7.18. The second kappa shape index (κ2) is 3.99. The van der Waals surface area contributed by atoms with Gasteiger partial charge < -0.3 is 10.3 Å². The highest BCUT2D eigenvalue weighted by Gasteiger charge is 2.09. The Hall–Kier alpha value is -2.63. The minimum Gasteiger partial charge on any atom is -0.355 e. The van der Waals surface area contributed by atoms with Crippen LogP contribution in [0.3, 0.4) is 0 Å². The SMILES string of the molecule is CNC(=O)c1ccc2[nH]c(-c3cc[nH]n3)nc2c1. The van der Waals surface area contributed by atoms with E-state index in [1.54, 1.807) is 25.4 Å². The van der Waals surface area contributed by atoms with Crippen molar-refractivity contribution in [1.82, 2.24) is 25.5 Å². The highest BCUT2D eigenvalue weighted by molar-refractivity contribution is 5.97. The van der Waals surface area contributed by atoms with Gasteiger partial charge in [0.1, 0.15) is 5.69 Å². The molecule has 3 rings (SSSR count). The summed E-state index contributed by atoms with van der Waals surface area (Å²) < 4.78 is 0. The molecule has 0 atom stereocenters. The summed E-state index contributed by atoms with van der Waals surface area (Å²) in [5, 5.41) is 9.38. The summed E-state index contributed by atoms with van der Waals surface area (Å²) in [6.07, 6.45) is 1.73. The lowest BCUT2D eigenvalue weighted by Crippen LogP contribution is -2.17. The van der Waals surface area contributed by atoms with Gasteiger partial charge in [0.05, 0.1) is 11.0 Å². The highest BCUT2D eigenvalue weighted by Crippen LogP contribution is 2.19. The van der Waals surface area contributed by atoms with E-state index in [4.69, 9.17) is 0 Å². The van der Waals surface area contributed by atoms with Gasteiger partial charge in [-0.15, -0.1) is 0 Å². The van der Waals surface area contributed by atoms with Crippen LogP contribution in [0, 0.1) is 0 Å². The van der Waals surface area contributed by atoms with E-state index in [9.17, 15) is 4.79 Å². The minimum atomic E-state index is -0.124. The van der Waals surface area contributed by atoms with Crippen LogP contribution in [0.15, 0.2) is 30.5 Å². The van der Waals surface area contributed by atoms with Crippen LogP contribution in [-0.2, 0) is 0 Å². The van der Waals surface area contributed by atoms with E-state index in [1.165, 1.54) is 0 Å². The molecule has 2 heterocycles. The zero-order valence-corrected chi connectivity index (χ0v) is 9.69. The standard InChI is InChI=1S/C12H11N5O/c1-13-12(18)7-2-3-8-10(6-7)16-11(15-8)9-4-5-14-17-9/h2-6H,1H3,(H,13,18)(H,14,17)(H,15,16). The molecule has 3 N–H and O–H groups in total. The molecule has 3 aromatic rings. The Balaban J connectivity index is 2.10. The zero-order chi connectivity index (χ0) is 12.5. The monoisotopic (exact) mass is 241 g/mol. The van der Waals surface area contributed by atoms with Crippen LogP contribution in [0.1, 0.15) is 10.4 Å². The van der Waals surface area contributed by atoms with Crippen molar-refractivity contribution >= 4 is 16.9 Å². The Morgan fingerprint density at radius 2 is 2.22 bits per heavy atom. The number of aromatic nitrogens is 4. The maximum Gasteiger partial charge on any atom is 0.251 e. The largest absolute Gasteiger partial charge is 0.355 e. The number of carbonyl (C=O) groups is 1. The van der Waals surface area contributed by atoms with Gasteiger partial charge in [-0.3, -0.25) is 9.89 Å². The number of nitrogens with one attached hydrogen (secondary N) is 3. The molecule has 0 aliphatic rings. The summed E-state index contributed by atoms with van der Waals surface area (Å²) in [7, 11) is 1.60. The molecule has 90 valence electrons. The van der Waals surface area contributed by atoms with Crippen LogP contribution in [0.2, 0.25) is 0 Å². The molecule has 0 unspecified atom stereocenters. The molecule has 0 bridgehead atoms. The van der Waals surface area contributed by atoms with Gasteiger partial charge in [-0.2, -0.15) is 5.10 Å². The van der Waals surface area contributed by atoms with Gasteiger partial charge in [0.15, 0.2) is 5.82 Å². The van der Waals surface area contributed by atoms with Crippen molar-refractivity contribution in [3.05, 3.63) is 36.0 Å². The molecule has 0 spiro atoms. The first-order chi connectivity index (χ1) is 8.78. The van der Waals surface area contributed by atoms with Crippen LogP contribution >= 0.6 is 0 Å². The van der Waals surface area contributed by atoms with Crippen molar-refractivity contribution in [3.8, 4) is 11.5 Å². The molecule has 0 saturated carbocycles. The fourth-order valence-corrected chi connectivity index (χ4v) is 1.80. The Labute approximate surface area is 102 Å². The third-order valence-electron chi connectivity index (χ3n) is 2.72. The second-order valence-corrected chi connectivity index (χ2v) is 3.86. The molecule has 6 heteroatoms. The fourth-order valence-electron chi connectivity index (χ4n) is 1.80. The lowest BCUT2D eigenvalue weighted by atomic mass is 10.2. The third-order valence-corrected chi connectivity index (χ3v) is 2.72. The van der Waals surface area contributed by atoms with Gasteiger partial charge in [-0.25, -0.2) is 4.98 Å². The number of rotatable bonds is 2. The Morgan fingerprint density at radius 3 is 2.94 bits per heavy atom. The van der Waals surface area contributed by atoms with E-state index in [-0.39, 0.29) is 5.91 Å². The first-order valence-electron chi connectivity index (χ1n) is 5.50. The maximum atomic E-state index is 11.5. The molecular weight excluding hydrogens is 230 g/mol. The van der Waals surface area contributed by atoms with E-state index in [2.05, 4.69) is 25.5 Å². The van der Waals surface area contributed by atoms with Gasteiger partial charge in [-0.1, -0.05) is 0 Å². The van der Waals surface area contributed by atoms with Crippen molar-refractivity contribution in [1.29, 1.82) is 0 Å². The van der Waals surface area contributed by atoms with Crippen molar-refractivity contribution in [2.45, 2.75) is 0 Å². The van der Waals surface area contributed by atoms with Crippen LogP contribution in [0.5, 0.6) is 0 Å². The number of aromatic amines is 2. The molecule has 0 aliphatic carbocycles. The minimum absolute atomic E-state index is 0.124. The van der Waals surface area contributed by atoms with Gasteiger partial charge in [-0.05, 0) is 24.3 Å². The summed E-state index contributed by atoms with van der Waals surface area (Å²) >= 11 is 0. The molecule has 0 saturated heterocycles. The number of hydrogen-bond acceptors (Lipinski definition) is 3. The van der Waals surface area contributed by atoms with E-state index in [0.29, 0.717) is 11.4 Å². The van der Waals surface area contributed by atoms with Crippen LogP contribution in [0.25, 0.3) is 22.6 Å². The Bertz CT molecular complexity index is 698. The predicted molar refractivity (Wildman–Crippen MR) is 67.1 cm³/mol. The van der Waals surface area contributed by atoms with E-state index >= 15 is 0 Å². The fraction of sp³-hybridized carbons (Fsp3) is 0.0833. The van der Waals surface area contributed by atoms with Gasteiger partial charge in [0.25, 0.3) is 5.91 Å². The van der Waals surface area contributed by atoms with Crippen molar-refractivity contribution in [3.63, 3.8) is 0 Å². The first kappa shape index (κ1) is 10.5. The number of amides is 1. The predicted octanol–water partition coefficient (Wildman–Crippen LogP) is 1.31. The smallest absolute Gasteiger partial charge is 0.251 e. The summed E-state index contributed by atoms with van der Waals surface area (Å²) in [6.45, 7) is 0. The van der Waals surface area contributed by atoms with Crippen molar-refractivity contribution in [2.75, 3.05) is 7.05 Å². The molecule has 1 aromatic carbocycles. The first-order valence-corrected chi connectivity index (χ1v) is 5.50. The Kier molecular flexibility index (Phi) is 2.33. The average molecular weight is 241 g/mol. The van der Waals surface area contributed by atoms with E-state index < -0.39 is 0 Å².